The third-order valence-corrected chi connectivity index (χ3v) is 27.3. The van der Waals surface area contributed by atoms with Gasteiger partial charge in [-0.2, -0.15) is 0 Å². The molecule has 0 radical (unpaired) electrons. The van der Waals surface area contributed by atoms with Crippen LogP contribution in [-0.4, -0.2) is 94.6 Å². The lowest BCUT2D eigenvalue weighted by atomic mass is 9.50. The van der Waals surface area contributed by atoms with Crippen molar-refractivity contribution in [3.63, 3.8) is 0 Å². The first kappa shape index (κ1) is 59.3. The van der Waals surface area contributed by atoms with Gasteiger partial charge < -0.3 is 54.0 Å². The van der Waals surface area contributed by atoms with Crippen molar-refractivity contribution in [2.24, 2.45) is 69.5 Å². The van der Waals surface area contributed by atoms with Gasteiger partial charge in [0.15, 0.2) is 0 Å². The van der Waals surface area contributed by atoms with E-state index in [1.54, 1.807) is 31.4 Å². The predicted molar refractivity (Wildman–Crippen MR) is 354 cm³/mol. The number of aliphatic hydroxyl groups is 2. The van der Waals surface area contributed by atoms with Crippen molar-refractivity contribution in [2.45, 2.75) is 183 Å². The van der Waals surface area contributed by atoms with E-state index >= 15 is 0 Å². The standard InChI is InChI=1S/C80H92N2O11/c1-3-45-36-59(46-12-8-15-53(83)34-46)48(37-64(45)85)32-49-35-56(91-55-16-4-5-17-55)40-61-70(87)63(43-90-71(49)61)69-66(18-11-30-88-2)92-72-57-23-21-54(84)39-60(57)67-41-62(72)73(69)93-75-58-22-20-51(38-65(58)86)80(75)52(14-10-31-89-67)42-81-79(82-80)44-76(25-6-7-26-76)78-29-28-77-27-9-13-50(77)33-47(74(78)79)19-24-68(77)78/h8,12,15,19-24,34-37,39-41,47,50-52,55,58,63,65-66,68-70,73-75,81-87H,3-7,9,11,13,16-18,25-33,38,42-44H2,1-2H3/t47-,50-,51-,52-,58+,63-,65-,66+,68+,69-,70-,73+,74-,75-,77-,78+,79+,80+/m1/s1. The number of benzene rings is 5. The van der Waals surface area contributed by atoms with Crippen LogP contribution in [0.2, 0.25) is 0 Å². The highest BCUT2D eigenvalue weighted by Crippen LogP contribution is 2.84. The number of methoxy groups -OCH3 is 1. The molecule has 15 aliphatic rings. The molecule has 8 bridgehead atoms. The van der Waals surface area contributed by atoms with Gasteiger partial charge >= 0.3 is 0 Å². The van der Waals surface area contributed by atoms with Crippen LogP contribution in [0.1, 0.15) is 163 Å². The van der Waals surface area contributed by atoms with Crippen molar-refractivity contribution in [2.75, 3.05) is 33.5 Å². The highest BCUT2D eigenvalue weighted by atomic mass is 16.5. The van der Waals surface area contributed by atoms with Crippen LogP contribution in [0.5, 0.6) is 40.2 Å². The molecule has 1 saturated heterocycles. The molecule has 20 rings (SSSR count). The Balaban J connectivity index is 0.799. The monoisotopic (exact) mass is 1260 g/mol. The van der Waals surface area contributed by atoms with E-state index in [4.69, 9.17) is 33.7 Å². The Morgan fingerprint density at radius 3 is 2.48 bits per heavy atom. The second-order valence-electron chi connectivity index (χ2n) is 31.2. The van der Waals surface area contributed by atoms with Crippen LogP contribution in [-0.2, 0) is 22.3 Å². The van der Waals surface area contributed by atoms with Crippen molar-refractivity contribution in [1.29, 1.82) is 0 Å². The molecule has 93 heavy (non-hydrogen) atoms. The fraction of sp³-hybridized carbons (Fsp3) is 0.575. The molecule has 5 aromatic carbocycles. The summed E-state index contributed by atoms with van der Waals surface area (Å²) >= 11 is 0. The van der Waals surface area contributed by atoms with Crippen molar-refractivity contribution in [3.05, 3.63) is 125 Å². The topological polar surface area (TPSA) is 181 Å². The number of aryl methyl sites for hydroxylation is 1. The Hall–Kier alpha value is -6.24. The van der Waals surface area contributed by atoms with E-state index in [-0.39, 0.29) is 65.1 Å². The minimum Gasteiger partial charge on any atom is -0.508 e. The number of hydrogen-bond donors (Lipinski definition) is 7. The van der Waals surface area contributed by atoms with Crippen LogP contribution in [0.15, 0.2) is 97.1 Å². The highest BCUT2D eigenvalue weighted by molar-refractivity contribution is 5.96. The van der Waals surface area contributed by atoms with E-state index in [1.807, 2.05) is 43.3 Å². The summed E-state index contributed by atoms with van der Waals surface area (Å²) in [5.41, 5.74) is 5.24. The number of hydrogen-bond acceptors (Lipinski definition) is 13. The number of aromatic hydroxyl groups is 3. The van der Waals surface area contributed by atoms with Crippen LogP contribution in [0, 0.1) is 81.3 Å². The summed E-state index contributed by atoms with van der Waals surface area (Å²) in [6.45, 7) is 3.45. The summed E-state index contributed by atoms with van der Waals surface area (Å²) in [4.78, 5) is 0. The van der Waals surface area contributed by atoms with E-state index in [0.29, 0.717) is 102 Å². The van der Waals surface area contributed by atoms with E-state index in [0.717, 1.165) is 76.8 Å². The molecule has 13 nitrogen and oxygen atoms in total. The number of allylic oxidation sites excluding steroid dienone is 2. The van der Waals surface area contributed by atoms with E-state index in [2.05, 4.69) is 53.6 Å². The van der Waals surface area contributed by atoms with Crippen LogP contribution >= 0.6 is 0 Å². The zero-order chi connectivity index (χ0) is 62.8. The molecule has 488 valence electrons. The first-order valence-electron chi connectivity index (χ1n) is 36.0. The third kappa shape index (κ3) is 8.71. The normalized spacial score (nSPS) is 38.4. The molecular formula is C80H92N2O11. The summed E-state index contributed by atoms with van der Waals surface area (Å²) in [6.07, 6.45) is 27.7. The number of aliphatic hydroxyl groups excluding tert-OH is 2. The van der Waals surface area contributed by atoms with E-state index < -0.39 is 53.6 Å². The van der Waals surface area contributed by atoms with Crippen LogP contribution < -0.4 is 29.6 Å². The van der Waals surface area contributed by atoms with E-state index in [9.17, 15) is 25.5 Å². The summed E-state index contributed by atoms with van der Waals surface area (Å²) in [5, 5.41) is 71.2. The maximum Gasteiger partial charge on any atom is 0.149 e. The lowest BCUT2D eigenvalue weighted by molar-refractivity contribution is -0.212. The quantitative estimate of drug-likeness (QED) is 0.0378. The number of nitrogens with one attached hydrogen (secondary N) is 2. The largest absolute Gasteiger partial charge is 0.508 e. The summed E-state index contributed by atoms with van der Waals surface area (Å²) in [6, 6.07) is 22.7. The minimum absolute atomic E-state index is 0.0242. The van der Waals surface area contributed by atoms with Gasteiger partial charge in [-0.3, -0.25) is 10.6 Å². The Kier molecular flexibility index (Phi) is 14.1. The molecule has 7 N–H and O–H groups in total. The summed E-state index contributed by atoms with van der Waals surface area (Å²) < 4.78 is 43.2. The number of ether oxygens (including phenoxy) is 6. The first-order chi connectivity index (χ1) is 45.4. The summed E-state index contributed by atoms with van der Waals surface area (Å²) in [5.74, 6) is 10.8. The zero-order valence-electron chi connectivity index (χ0n) is 54.1. The Labute approximate surface area is 547 Å². The zero-order valence-corrected chi connectivity index (χ0v) is 54.1. The van der Waals surface area contributed by atoms with Crippen molar-refractivity contribution >= 4 is 10.8 Å². The third-order valence-electron chi connectivity index (χ3n) is 27.3. The first-order valence-corrected chi connectivity index (χ1v) is 36.0. The lowest BCUT2D eigenvalue weighted by Gasteiger charge is -2.65. The molecule has 0 aromatic heterocycles. The number of phenols is 3. The van der Waals surface area contributed by atoms with Crippen LogP contribution in [0.3, 0.4) is 0 Å². The van der Waals surface area contributed by atoms with Crippen molar-refractivity contribution in [3.8, 4) is 63.2 Å². The van der Waals surface area contributed by atoms with Crippen LogP contribution in [0.25, 0.3) is 21.9 Å². The average molecular weight is 1260 g/mol. The molecular weight excluding hydrogens is 1160 g/mol. The van der Waals surface area contributed by atoms with Gasteiger partial charge in [0.2, 0.25) is 0 Å². The molecule has 18 atom stereocenters. The fourth-order valence-corrected chi connectivity index (χ4v) is 23.9. The molecule has 5 spiro atoms. The molecule has 4 aliphatic heterocycles. The smallest absolute Gasteiger partial charge is 0.149 e. The molecule has 8 fully saturated rings. The fourth-order valence-electron chi connectivity index (χ4n) is 23.9. The van der Waals surface area contributed by atoms with E-state index in [1.165, 1.54) is 64.2 Å². The minimum atomic E-state index is -1.09. The number of fused-ring (bicyclic) bond motifs is 6. The molecule has 11 aliphatic carbocycles. The highest BCUT2D eigenvalue weighted by Gasteiger charge is 2.81. The van der Waals surface area contributed by atoms with Gasteiger partial charge in [-0.05, 0) is 220 Å². The van der Waals surface area contributed by atoms with Gasteiger partial charge in [0.25, 0.3) is 0 Å². The average Bonchev–Trinajstić information content (AvgIpc) is 1.48. The Morgan fingerprint density at radius 1 is 0.774 bits per heavy atom. The maximum atomic E-state index is 13.9. The maximum absolute atomic E-state index is 13.9. The molecule has 4 heterocycles. The SMILES string of the molecule is CCc1cc(-c2cccc(O)c2)c(Cc2cc(OC3CCCC3)cc3c2OC[C@H]([C@@H]2[C@H](CCCOC)Oc4c5cc(c6cc(O)ccc46)OCC#C[C@@H]4CN[C@@]6(CC7(CCCC7)[C@@]78CC[C@]9%10CCC[C@@H]9C[C@@H](C=C[C@@H]%107)[C@@H]68)N[C@@]46[C@@H]4C=C[C@@H]([C@H](O)C4)[C@H]6O[C@@H]52)[C@@H]3O)cc1O. The molecule has 13 heteroatoms. The molecule has 0 unspecified atom stereocenters. The summed E-state index contributed by atoms with van der Waals surface area (Å²) in [7, 11) is 1.73. The van der Waals surface area contributed by atoms with Gasteiger partial charge in [-0.1, -0.05) is 74.5 Å². The molecule has 7 saturated carbocycles. The van der Waals surface area contributed by atoms with Gasteiger partial charge in [0.05, 0.1) is 54.2 Å². The second kappa shape index (κ2) is 22.2. The van der Waals surface area contributed by atoms with Crippen molar-refractivity contribution in [1.82, 2.24) is 10.6 Å². The molecule has 5 aromatic rings. The van der Waals surface area contributed by atoms with Gasteiger partial charge in [-0.15, -0.1) is 0 Å². The Morgan fingerprint density at radius 2 is 1.65 bits per heavy atom. The van der Waals surface area contributed by atoms with Gasteiger partial charge in [-0.25, -0.2) is 0 Å². The van der Waals surface area contributed by atoms with Gasteiger partial charge in [0.1, 0.15) is 53.0 Å². The number of rotatable bonds is 11. The van der Waals surface area contributed by atoms with Crippen LogP contribution in [0.4, 0.5) is 0 Å². The second-order valence-corrected chi connectivity index (χ2v) is 31.2. The van der Waals surface area contributed by atoms with Crippen molar-refractivity contribution < 1.29 is 54.0 Å². The number of phenolic OH excluding ortho intramolecular Hbond substituents is 3. The Bertz CT molecular complexity index is 3930. The van der Waals surface area contributed by atoms with Gasteiger partial charge in [0, 0.05) is 83.7 Å². The lowest BCUT2D eigenvalue weighted by Crippen LogP contribution is -2.83. The molecule has 0 amide bonds. The predicted octanol–water partition coefficient (Wildman–Crippen LogP) is 13.6.